The summed E-state index contributed by atoms with van der Waals surface area (Å²) in [6.45, 7) is 1.81. The Morgan fingerprint density at radius 2 is 2.13 bits per heavy atom. The Hall–Kier alpha value is -0.840. The topological polar surface area (TPSA) is 65.2 Å². The van der Waals surface area contributed by atoms with Crippen molar-refractivity contribution in [3.8, 4) is 0 Å². The zero-order valence-electron chi connectivity index (χ0n) is 8.47. The van der Waals surface area contributed by atoms with Crippen LogP contribution < -0.4 is 5.73 Å². The van der Waals surface area contributed by atoms with Crippen LogP contribution in [0.15, 0.2) is 18.3 Å². The van der Waals surface area contributed by atoms with Crippen LogP contribution in [0.5, 0.6) is 0 Å². The molecule has 0 spiro atoms. The first-order valence-corrected chi connectivity index (χ1v) is 3.95. The summed E-state index contributed by atoms with van der Waals surface area (Å²) in [6.07, 6.45) is 1.55. The number of esters is 1. The minimum absolute atomic E-state index is 0. The number of hydrogen-bond acceptors (Lipinski definition) is 4. The second-order valence-electron chi connectivity index (χ2n) is 2.75. The maximum absolute atomic E-state index is 11.1. The highest BCUT2D eigenvalue weighted by Crippen LogP contribution is 2.08. The van der Waals surface area contributed by atoms with E-state index >= 15 is 0 Å². The second kappa shape index (κ2) is 7.45. The lowest BCUT2D eigenvalue weighted by atomic mass is 10.1. The zero-order chi connectivity index (χ0) is 9.84. The van der Waals surface area contributed by atoms with Crippen LogP contribution in [-0.4, -0.2) is 18.1 Å². The summed E-state index contributed by atoms with van der Waals surface area (Å²) in [5, 5.41) is 0. The Morgan fingerprint density at radius 3 is 2.60 bits per heavy atom. The van der Waals surface area contributed by atoms with E-state index < -0.39 is 0 Å². The quantitative estimate of drug-likeness (QED) is 0.815. The van der Waals surface area contributed by atoms with Crippen molar-refractivity contribution in [1.82, 2.24) is 4.98 Å². The molecule has 0 aliphatic heterocycles. The molecule has 1 rings (SSSR count). The summed E-state index contributed by atoms with van der Waals surface area (Å²) < 4.78 is 4.56. The van der Waals surface area contributed by atoms with E-state index in [0.717, 1.165) is 0 Å². The SMILES string of the molecule is COC(=O)c1ccnc(C(C)N)c1.Cl.Cl. The summed E-state index contributed by atoms with van der Waals surface area (Å²) in [5.74, 6) is -0.371. The van der Waals surface area contributed by atoms with Gasteiger partial charge in [0, 0.05) is 12.2 Å². The van der Waals surface area contributed by atoms with Crippen molar-refractivity contribution >= 4 is 30.8 Å². The van der Waals surface area contributed by atoms with Gasteiger partial charge >= 0.3 is 5.97 Å². The first-order chi connectivity index (χ1) is 6.15. The lowest BCUT2D eigenvalue weighted by Crippen LogP contribution is -2.09. The molecule has 0 saturated heterocycles. The number of carbonyl (C=O) groups is 1. The number of hydrogen-bond donors (Lipinski definition) is 1. The van der Waals surface area contributed by atoms with Gasteiger partial charge in [0.05, 0.1) is 18.4 Å². The van der Waals surface area contributed by atoms with Gasteiger partial charge in [-0.3, -0.25) is 4.98 Å². The van der Waals surface area contributed by atoms with E-state index in [9.17, 15) is 4.79 Å². The van der Waals surface area contributed by atoms with Crippen molar-refractivity contribution in [3.05, 3.63) is 29.6 Å². The number of pyridine rings is 1. The number of ether oxygens (including phenoxy) is 1. The van der Waals surface area contributed by atoms with Crippen LogP contribution in [0.2, 0.25) is 0 Å². The summed E-state index contributed by atoms with van der Waals surface area (Å²) >= 11 is 0. The van der Waals surface area contributed by atoms with Gasteiger partial charge in [0.15, 0.2) is 0 Å². The van der Waals surface area contributed by atoms with E-state index in [1.54, 1.807) is 18.3 Å². The van der Waals surface area contributed by atoms with Gasteiger partial charge in [-0.15, -0.1) is 24.8 Å². The van der Waals surface area contributed by atoms with E-state index in [0.29, 0.717) is 11.3 Å². The number of carbonyl (C=O) groups excluding carboxylic acids is 1. The lowest BCUT2D eigenvalue weighted by Gasteiger charge is -2.05. The highest BCUT2D eigenvalue weighted by molar-refractivity contribution is 5.89. The number of methoxy groups -OCH3 is 1. The molecule has 0 saturated carbocycles. The maximum atomic E-state index is 11.1. The monoisotopic (exact) mass is 252 g/mol. The van der Waals surface area contributed by atoms with E-state index in [4.69, 9.17) is 5.73 Å². The maximum Gasteiger partial charge on any atom is 0.337 e. The fraction of sp³-hybridized carbons (Fsp3) is 0.333. The normalized spacial score (nSPS) is 10.6. The molecule has 1 unspecified atom stereocenters. The minimum atomic E-state index is -0.371. The molecule has 0 aliphatic carbocycles. The Balaban J connectivity index is 0. The van der Waals surface area contributed by atoms with Gasteiger partial charge in [-0.05, 0) is 19.1 Å². The van der Waals surface area contributed by atoms with Crippen molar-refractivity contribution in [2.24, 2.45) is 5.73 Å². The van der Waals surface area contributed by atoms with E-state index in [2.05, 4.69) is 9.72 Å². The van der Waals surface area contributed by atoms with Crippen molar-refractivity contribution in [2.45, 2.75) is 13.0 Å². The van der Waals surface area contributed by atoms with Crippen LogP contribution in [0.1, 0.15) is 29.0 Å². The molecule has 2 N–H and O–H groups in total. The Morgan fingerprint density at radius 1 is 1.53 bits per heavy atom. The molecule has 0 radical (unpaired) electrons. The van der Waals surface area contributed by atoms with Crippen LogP contribution >= 0.6 is 24.8 Å². The third-order valence-electron chi connectivity index (χ3n) is 1.67. The summed E-state index contributed by atoms with van der Waals surface area (Å²) in [4.78, 5) is 15.1. The molecule has 1 atom stereocenters. The molecule has 0 aliphatic rings. The first kappa shape index (κ1) is 16.6. The van der Waals surface area contributed by atoms with Gasteiger partial charge in [0.25, 0.3) is 0 Å². The molecule has 4 nitrogen and oxygen atoms in total. The van der Waals surface area contributed by atoms with Gasteiger partial charge in [-0.2, -0.15) is 0 Å². The summed E-state index contributed by atoms with van der Waals surface area (Å²) in [5.41, 5.74) is 6.77. The van der Waals surface area contributed by atoms with Gasteiger partial charge in [0.1, 0.15) is 0 Å². The molecule has 1 aromatic rings. The van der Waals surface area contributed by atoms with E-state index in [1.165, 1.54) is 7.11 Å². The Bertz CT molecular complexity index is 319. The lowest BCUT2D eigenvalue weighted by molar-refractivity contribution is 0.0600. The summed E-state index contributed by atoms with van der Waals surface area (Å²) in [6, 6.07) is 3.05. The second-order valence-corrected chi connectivity index (χ2v) is 2.75. The largest absolute Gasteiger partial charge is 0.465 e. The molecule has 0 aromatic carbocycles. The fourth-order valence-electron chi connectivity index (χ4n) is 0.942. The van der Waals surface area contributed by atoms with Gasteiger partial charge < -0.3 is 10.5 Å². The molecule has 0 amide bonds. The molecule has 1 heterocycles. The number of halogens is 2. The van der Waals surface area contributed by atoms with Crippen LogP contribution in [0.3, 0.4) is 0 Å². The fourth-order valence-corrected chi connectivity index (χ4v) is 0.942. The highest BCUT2D eigenvalue weighted by Gasteiger charge is 2.07. The molecular weight excluding hydrogens is 239 g/mol. The van der Waals surface area contributed by atoms with Crippen molar-refractivity contribution in [3.63, 3.8) is 0 Å². The average Bonchev–Trinajstić information content (AvgIpc) is 2.17. The number of nitrogens with zero attached hydrogens (tertiary/aromatic N) is 1. The molecule has 0 fully saturated rings. The Kier molecular flexibility index (Phi) is 8.24. The molecule has 6 heteroatoms. The minimum Gasteiger partial charge on any atom is -0.465 e. The number of nitrogens with two attached hydrogens (primary N) is 1. The summed E-state index contributed by atoms with van der Waals surface area (Å²) in [7, 11) is 1.34. The number of rotatable bonds is 2. The zero-order valence-corrected chi connectivity index (χ0v) is 10.1. The third kappa shape index (κ3) is 4.46. The molecule has 0 bridgehead atoms. The van der Waals surface area contributed by atoms with E-state index in [-0.39, 0.29) is 36.8 Å². The van der Waals surface area contributed by atoms with Gasteiger partial charge in [0.2, 0.25) is 0 Å². The highest BCUT2D eigenvalue weighted by atomic mass is 35.5. The van der Waals surface area contributed by atoms with Crippen molar-refractivity contribution in [1.29, 1.82) is 0 Å². The van der Waals surface area contributed by atoms with Gasteiger partial charge in [-0.1, -0.05) is 0 Å². The van der Waals surface area contributed by atoms with Crippen LogP contribution in [-0.2, 0) is 4.74 Å². The van der Waals surface area contributed by atoms with Crippen molar-refractivity contribution < 1.29 is 9.53 Å². The average molecular weight is 253 g/mol. The molecule has 15 heavy (non-hydrogen) atoms. The predicted molar refractivity (Wildman–Crippen MR) is 62.7 cm³/mol. The standard InChI is InChI=1S/C9H12N2O2.2ClH/c1-6(10)8-5-7(3-4-11-8)9(12)13-2;;/h3-6H,10H2,1-2H3;2*1H. The molecular formula is C9H14Cl2N2O2. The van der Waals surface area contributed by atoms with Crippen LogP contribution in [0.25, 0.3) is 0 Å². The van der Waals surface area contributed by atoms with Crippen molar-refractivity contribution in [2.75, 3.05) is 7.11 Å². The van der Waals surface area contributed by atoms with Gasteiger partial charge in [-0.25, -0.2) is 4.79 Å². The number of aromatic nitrogens is 1. The van der Waals surface area contributed by atoms with Crippen LogP contribution in [0, 0.1) is 0 Å². The van der Waals surface area contributed by atoms with Crippen LogP contribution in [0.4, 0.5) is 0 Å². The Labute approximate surface area is 101 Å². The molecule has 86 valence electrons. The predicted octanol–water partition coefficient (Wildman–Crippen LogP) is 1.73. The smallest absolute Gasteiger partial charge is 0.337 e. The van der Waals surface area contributed by atoms with E-state index in [1.807, 2.05) is 6.92 Å². The molecule has 1 aromatic heterocycles. The third-order valence-corrected chi connectivity index (χ3v) is 1.67. The first-order valence-electron chi connectivity index (χ1n) is 3.95.